The van der Waals surface area contributed by atoms with E-state index in [0.29, 0.717) is 16.9 Å². The Morgan fingerprint density at radius 2 is 2.38 bits per heavy atom. The maximum absolute atomic E-state index is 5.51. The van der Waals surface area contributed by atoms with Gasteiger partial charge in [-0.05, 0) is 11.6 Å². The van der Waals surface area contributed by atoms with E-state index in [1.807, 2.05) is 0 Å². The lowest BCUT2D eigenvalue weighted by molar-refractivity contribution is 1.10. The van der Waals surface area contributed by atoms with Gasteiger partial charge in [-0.25, -0.2) is 0 Å². The van der Waals surface area contributed by atoms with E-state index >= 15 is 0 Å². The maximum Gasteiger partial charge on any atom is 0.195 e. The monoisotopic (exact) mass is 150 g/mol. The van der Waals surface area contributed by atoms with Crippen molar-refractivity contribution in [1.82, 2.24) is 5.32 Å². The second-order valence-electron chi connectivity index (χ2n) is 1.34. The molecule has 0 aromatic rings. The molecule has 0 aromatic carbocycles. The van der Waals surface area contributed by atoms with Crippen LogP contribution in [0.2, 0.25) is 0 Å². The van der Waals surface area contributed by atoms with Crippen LogP contribution < -0.4 is 5.32 Å². The quantitative estimate of drug-likeness (QED) is 0.518. The highest BCUT2D eigenvalue weighted by molar-refractivity contribution is 6.65. The van der Waals surface area contributed by atoms with Crippen LogP contribution >= 0.6 is 23.2 Å². The number of aliphatic imine (C=N–C) groups is 1. The van der Waals surface area contributed by atoms with Crippen LogP contribution in [0.15, 0.2) is 16.2 Å². The van der Waals surface area contributed by atoms with Gasteiger partial charge in [0.05, 0.1) is 11.6 Å². The molecule has 0 saturated heterocycles. The van der Waals surface area contributed by atoms with Gasteiger partial charge in [-0.3, -0.25) is 4.99 Å². The molecule has 0 saturated carbocycles. The van der Waals surface area contributed by atoms with Gasteiger partial charge in [0, 0.05) is 6.20 Å². The van der Waals surface area contributed by atoms with Gasteiger partial charge >= 0.3 is 0 Å². The molecular weight excluding hydrogens is 147 g/mol. The Labute approximate surface area is 57.2 Å². The van der Waals surface area contributed by atoms with Crippen LogP contribution in [0, 0.1) is 0 Å². The zero-order valence-corrected chi connectivity index (χ0v) is 5.50. The molecule has 1 heterocycles. The summed E-state index contributed by atoms with van der Waals surface area (Å²) in [6.07, 6.45) is 1.62. The number of rotatable bonds is 0. The molecule has 1 N–H and O–H groups in total. The Morgan fingerprint density at radius 1 is 1.62 bits per heavy atom. The fourth-order valence-corrected chi connectivity index (χ4v) is 0.603. The number of nitrogens with one attached hydrogen (secondary N) is 1. The highest BCUT2D eigenvalue weighted by Gasteiger charge is 1.98. The van der Waals surface area contributed by atoms with Gasteiger partial charge in [0.25, 0.3) is 0 Å². The van der Waals surface area contributed by atoms with E-state index < -0.39 is 0 Å². The Bertz CT molecular complexity index is 132. The fraction of sp³-hybridized carbons (Fsp3) is 0.250. The summed E-state index contributed by atoms with van der Waals surface area (Å²) in [6.45, 7) is 0.493. The molecule has 1 rings (SSSR count). The molecule has 0 spiro atoms. The minimum atomic E-state index is 0.398. The first kappa shape index (κ1) is 5.92. The molecular formula is C4H4Cl2N2. The number of amidine groups is 1. The van der Waals surface area contributed by atoms with Gasteiger partial charge in [0.2, 0.25) is 0 Å². The summed E-state index contributed by atoms with van der Waals surface area (Å²) in [4.78, 5) is 3.78. The van der Waals surface area contributed by atoms with Gasteiger partial charge in [-0.2, -0.15) is 0 Å². The van der Waals surface area contributed by atoms with Crippen LogP contribution in [0.5, 0.6) is 0 Å². The molecule has 0 fully saturated rings. The molecule has 1 aliphatic heterocycles. The average molecular weight is 151 g/mol. The summed E-state index contributed by atoms with van der Waals surface area (Å²) < 4.78 is 0. The van der Waals surface area contributed by atoms with Crippen LogP contribution in [0.25, 0.3) is 0 Å². The highest BCUT2D eigenvalue weighted by atomic mass is 35.5. The van der Waals surface area contributed by atoms with Crippen LogP contribution in [0.4, 0.5) is 0 Å². The predicted octanol–water partition coefficient (Wildman–Crippen LogP) is 1.26. The van der Waals surface area contributed by atoms with E-state index in [4.69, 9.17) is 23.2 Å². The number of nitrogens with zero attached hydrogens (tertiary/aromatic N) is 1. The second kappa shape index (κ2) is 2.37. The van der Waals surface area contributed by atoms with Crippen molar-refractivity contribution in [3.8, 4) is 0 Å². The van der Waals surface area contributed by atoms with Crippen molar-refractivity contribution in [2.24, 2.45) is 4.99 Å². The van der Waals surface area contributed by atoms with Gasteiger partial charge in [-0.15, -0.1) is 0 Å². The van der Waals surface area contributed by atoms with Crippen LogP contribution in [0.1, 0.15) is 0 Å². The Balaban J connectivity index is 2.54. The van der Waals surface area contributed by atoms with Crippen LogP contribution in [-0.4, -0.2) is 11.8 Å². The lowest BCUT2D eigenvalue weighted by atomic mass is 10.6. The van der Waals surface area contributed by atoms with Gasteiger partial charge in [0.1, 0.15) is 0 Å². The molecule has 2 nitrogen and oxygen atoms in total. The first-order valence-electron chi connectivity index (χ1n) is 2.10. The SMILES string of the molecule is ClC1=CNC(Cl)=NC1. The van der Waals surface area contributed by atoms with Crippen LogP contribution in [0.3, 0.4) is 0 Å². The van der Waals surface area contributed by atoms with E-state index in [2.05, 4.69) is 10.3 Å². The minimum Gasteiger partial charge on any atom is -0.336 e. The molecule has 1 aliphatic rings. The average Bonchev–Trinajstić information content (AvgIpc) is 1.77. The topological polar surface area (TPSA) is 24.4 Å². The summed E-state index contributed by atoms with van der Waals surface area (Å²) in [5.74, 6) is 0. The highest BCUT2D eigenvalue weighted by Crippen LogP contribution is 2.04. The summed E-state index contributed by atoms with van der Waals surface area (Å²) >= 11 is 10.9. The molecule has 0 radical (unpaired) electrons. The van der Waals surface area contributed by atoms with Crippen molar-refractivity contribution in [3.63, 3.8) is 0 Å². The van der Waals surface area contributed by atoms with E-state index in [1.165, 1.54) is 0 Å². The third-order valence-corrected chi connectivity index (χ3v) is 1.17. The van der Waals surface area contributed by atoms with Crippen molar-refractivity contribution >= 4 is 28.5 Å². The van der Waals surface area contributed by atoms with Crippen molar-refractivity contribution in [3.05, 3.63) is 11.2 Å². The molecule has 0 aliphatic carbocycles. The lowest BCUT2D eigenvalue weighted by Crippen LogP contribution is -2.15. The Kier molecular flexibility index (Phi) is 1.76. The van der Waals surface area contributed by atoms with Crippen molar-refractivity contribution < 1.29 is 0 Å². The zero-order valence-electron chi connectivity index (χ0n) is 3.99. The van der Waals surface area contributed by atoms with E-state index in [-0.39, 0.29) is 0 Å². The third-order valence-electron chi connectivity index (χ3n) is 0.717. The summed E-state index contributed by atoms with van der Waals surface area (Å²) in [5, 5.41) is 3.73. The molecule has 8 heavy (non-hydrogen) atoms. The smallest absolute Gasteiger partial charge is 0.195 e. The van der Waals surface area contributed by atoms with Gasteiger partial charge in [-0.1, -0.05) is 11.6 Å². The lowest BCUT2D eigenvalue weighted by Gasteiger charge is -2.03. The fourth-order valence-electron chi connectivity index (χ4n) is 0.374. The standard InChI is InChI=1S/C4H4Cl2N2/c5-3-1-7-4(6)8-2-3/h1H,2H2,(H,7,8). The number of hydrogen-bond donors (Lipinski definition) is 1. The zero-order chi connectivity index (χ0) is 5.98. The normalized spacial score (nSPS) is 18.8. The van der Waals surface area contributed by atoms with E-state index in [9.17, 15) is 0 Å². The number of hydrogen-bond acceptors (Lipinski definition) is 2. The van der Waals surface area contributed by atoms with Crippen molar-refractivity contribution in [1.29, 1.82) is 0 Å². The van der Waals surface area contributed by atoms with Crippen molar-refractivity contribution in [2.45, 2.75) is 0 Å². The largest absolute Gasteiger partial charge is 0.336 e. The first-order valence-corrected chi connectivity index (χ1v) is 2.85. The van der Waals surface area contributed by atoms with Gasteiger partial charge in [0.15, 0.2) is 5.29 Å². The Hall–Kier alpha value is -0.210. The van der Waals surface area contributed by atoms with E-state index in [1.54, 1.807) is 6.20 Å². The van der Waals surface area contributed by atoms with Gasteiger partial charge < -0.3 is 5.32 Å². The summed E-state index contributed by atoms with van der Waals surface area (Å²) in [7, 11) is 0. The molecule has 0 aromatic heterocycles. The molecule has 0 unspecified atom stereocenters. The summed E-state index contributed by atoms with van der Waals surface area (Å²) in [5.41, 5.74) is 0. The van der Waals surface area contributed by atoms with Crippen molar-refractivity contribution in [2.75, 3.05) is 6.54 Å². The third kappa shape index (κ3) is 1.39. The second-order valence-corrected chi connectivity index (χ2v) is 2.19. The minimum absolute atomic E-state index is 0.398. The Morgan fingerprint density at radius 3 is 2.75 bits per heavy atom. The maximum atomic E-state index is 5.51. The first-order chi connectivity index (χ1) is 3.79. The molecule has 0 atom stereocenters. The number of halogens is 2. The van der Waals surface area contributed by atoms with E-state index in [0.717, 1.165) is 0 Å². The molecule has 44 valence electrons. The van der Waals surface area contributed by atoms with Crippen LogP contribution in [-0.2, 0) is 0 Å². The molecule has 0 bridgehead atoms. The molecule has 0 amide bonds. The molecule has 4 heteroatoms. The summed E-state index contributed by atoms with van der Waals surface area (Å²) in [6, 6.07) is 0. The predicted molar refractivity (Wildman–Crippen MR) is 35.2 cm³/mol.